The molecular weight excluding hydrogens is 404 g/mol. The van der Waals surface area contributed by atoms with Gasteiger partial charge in [0.1, 0.15) is 23.2 Å². The molecule has 9 heteroatoms. The molecule has 5 rings (SSSR count). The van der Waals surface area contributed by atoms with Gasteiger partial charge in [0.25, 0.3) is 0 Å². The van der Waals surface area contributed by atoms with Crippen LogP contribution in [0.3, 0.4) is 0 Å². The third-order valence-electron chi connectivity index (χ3n) is 5.52. The highest BCUT2D eigenvalue weighted by molar-refractivity contribution is 5.67. The van der Waals surface area contributed by atoms with Gasteiger partial charge in [0, 0.05) is 43.9 Å². The highest BCUT2D eigenvalue weighted by Crippen LogP contribution is 2.46. The molecule has 0 saturated carbocycles. The number of nitrogens with two attached hydrogens (primary N) is 1. The van der Waals surface area contributed by atoms with Crippen LogP contribution in [0.2, 0.25) is 0 Å². The molecule has 2 N–H and O–H groups in total. The lowest BCUT2D eigenvalue weighted by atomic mass is 9.84. The molecule has 0 fully saturated rings. The number of aryl methyl sites for hydroxylation is 2. The number of hydrogen-bond acceptors (Lipinski definition) is 7. The molecule has 0 amide bonds. The van der Waals surface area contributed by atoms with Crippen molar-refractivity contribution in [2.75, 3.05) is 0 Å². The summed E-state index contributed by atoms with van der Waals surface area (Å²) in [6.07, 6.45) is 7.86. The minimum absolute atomic E-state index is 0.0699. The average molecular weight is 424 g/mol. The number of allylic oxidation sites excluding steroid dienone is 1. The van der Waals surface area contributed by atoms with Crippen LogP contribution in [0.5, 0.6) is 5.88 Å². The maximum absolute atomic E-state index is 9.92. The second kappa shape index (κ2) is 7.67. The Morgan fingerprint density at radius 2 is 1.88 bits per heavy atom. The van der Waals surface area contributed by atoms with Crippen LogP contribution in [0.1, 0.15) is 29.8 Å². The molecule has 9 nitrogen and oxygen atoms in total. The molecule has 0 saturated heterocycles. The number of nitriles is 1. The summed E-state index contributed by atoms with van der Waals surface area (Å²) < 4.78 is 9.44. The first-order valence-electron chi connectivity index (χ1n) is 10.2. The van der Waals surface area contributed by atoms with Gasteiger partial charge >= 0.3 is 0 Å². The number of ether oxygens (including phenoxy) is 1. The summed E-state index contributed by atoms with van der Waals surface area (Å²) in [6.45, 7) is 2.07. The molecule has 0 bridgehead atoms. The van der Waals surface area contributed by atoms with E-state index in [1.54, 1.807) is 36.4 Å². The fraction of sp³-hybridized carbons (Fsp3) is 0.174. The second-order valence-corrected chi connectivity index (χ2v) is 7.35. The summed E-state index contributed by atoms with van der Waals surface area (Å²) in [7, 11) is 1.77. The highest BCUT2D eigenvalue weighted by atomic mass is 16.5. The maximum Gasteiger partial charge on any atom is 0.224 e. The Bertz CT molecular complexity index is 1360. The molecular formula is C23H20N8O. The van der Waals surface area contributed by atoms with Gasteiger partial charge in [-0.2, -0.15) is 10.4 Å². The van der Waals surface area contributed by atoms with E-state index in [2.05, 4.69) is 33.0 Å². The first kappa shape index (κ1) is 19.5. The van der Waals surface area contributed by atoms with E-state index < -0.39 is 5.92 Å². The summed E-state index contributed by atoms with van der Waals surface area (Å²) in [4.78, 5) is 13.1. The third kappa shape index (κ3) is 3.01. The van der Waals surface area contributed by atoms with Gasteiger partial charge in [0.15, 0.2) is 5.82 Å². The van der Waals surface area contributed by atoms with E-state index >= 15 is 0 Å². The molecule has 3 aromatic heterocycles. The number of rotatable bonds is 4. The Labute approximate surface area is 184 Å². The predicted octanol–water partition coefficient (Wildman–Crippen LogP) is 2.84. The standard InChI is InChI=1S/C23H20N8O/c1-3-17-26-11-12-31(17)15-7-5-14(6-8-15)18-16(13-24)21(25)32-23-19(18)20(29-30(23)2)22-27-9-4-10-28-22/h4-12,18H,3,25H2,1-2H3. The van der Waals surface area contributed by atoms with Crippen LogP contribution in [-0.4, -0.2) is 29.3 Å². The highest BCUT2D eigenvalue weighted by Gasteiger charge is 2.37. The Morgan fingerprint density at radius 1 is 1.12 bits per heavy atom. The van der Waals surface area contributed by atoms with Gasteiger partial charge in [0.2, 0.25) is 11.8 Å². The van der Waals surface area contributed by atoms with E-state index in [1.807, 2.05) is 35.0 Å². The molecule has 158 valence electrons. The summed E-state index contributed by atoms with van der Waals surface area (Å²) in [5, 5.41) is 14.5. The lowest BCUT2D eigenvalue weighted by Gasteiger charge is -2.24. The van der Waals surface area contributed by atoms with Gasteiger partial charge < -0.3 is 15.0 Å². The van der Waals surface area contributed by atoms with Crippen molar-refractivity contribution in [1.29, 1.82) is 5.26 Å². The van der Waals surface area contributed by atoms with Crippen LogP contribution in [-0.2, 0) is 13.5 Å². The zero-order chi connectivity index (χ0) is 22.2. The maximum atomic E-state index is 9.92. The van der Waals surface area contributed by atoms with Gasteiger partial charge in [-0.15, -0.1) is 0 Å². The van der Waals surface area contributed by atoms with Crippen molar-refractivity contribution in [2.24, 2.45) is 12.8 Å². The fourth-order valence-corrected chi connectivity index (χ4v) is 4.05. The van der Waals surface area contributed by atoms with Crippen molar-refractivity contribution in [3.05, 3.63) is 83.5 Å². The van der Waals surface area contributed by atoms with Crippen LogP contribution < -0.4 is 10.5 Å². The Morgan fingerprint density at radius 3 is 2.56 bits per heavy atom. The number of benzene rings is 1. The van der Waals surface area contributed by atoms with Gasteiger partial charge in [-0.1, -0.05) is 19.1 Å². The predicted molar refractivity (Wildman–Crippen MR) is 116 cm³/mol. The smallest absolute Gasteiger partial charge is 0.224 e. The molecule has 1 aliphatic heterocycles. The van der Waals surface area contributed by atoms with E-state index in [9.17, 15) is 5.26 Å². The molecule has 1 unspecified atom stereocenters. The molecule has 0 radical (unpaired) electrons. The monoisotopic (exact) mass is 424 g/mol. The van der Waals surface area contributed by atoms with Crippen molar-refractivity contribution in [2.45, 2.75) is 19.3 Å². The Balaban J connectivity index is 1.66. The zero-order valence-corrected chi connectivity index (χ0v) is 17.6. The number of nitrogens with zero attached hydrogens (tertiary/aromatic N) is 7. The normalized spacial score (nSPS) is 15.2. The molecule has 1 aliphatic rings. The first-order valence-corrected chi connectivity index (χ1v) is 10.2. The van der Waals surface area contributed by atoms with Crippen LogP contribution in [0.15, 0.2) is 66.6 Å². The average Bonchev–Trinajstić information content (AvgIpc) is 3.43. The molecule has 0 spiro atoms. The zero-order valence-electron chi connectivity index (χ0n) is 17.6. The van der Waals surface area contributed by atoms with Crippen molar-refractivity contribution < 1.29 is 4.74 Å². The van der Waals surface area contributed by atoms with Crippen LogP contribution in [0.25, 0.3) is 17.2 Å². The van der Waals surface area contributed by atoms with Crippen molar-refractivity contribution in [1.82, 2.24) is 29.3 Å². The van der Waals surface area contributed by atoms with E-state index in [0.717, 1.165) is 23.5 Å². The largest absolute Gasteiger partial charge is 0.422 e. The quantitative estimate of drug-likeness (QED) is 0.535. The number of imidazole rings is 1. The summed E-state index contributed by atoms with van der Waals surface area (Å²) in [5.74, 6) is 1.52. The van der Waals surface area contributed by atoms with Crippen LogP contribution >= 0.6 is 0 Å². The molecule has 4 heterocycles. The van der Waals surface area contributed by atoms with Gasteiger partial charge in [-0.25, -0.2) is 19.6 Å². The van der Waals surface area contributed by atoms with E-state index in [1.165, 1.54) is 0 Å². The minimum Gasteiger partial charge on any atom is -0.422 e. The summed E-state index contributed by atoms with van der Waals surface area (Å²) in [6, 6.07) is 12.0. The molecule has 4 aromatic rings. The third-order valence-corrected chi connectivity index (χ3v) is 5.52. The lowest BCUT2D eigenvalue weighted by Crippen LogP contribution is -2.22. The molecule has 0 aliphatic carbocycles. The Hall–Kier alpha value is -4.45. The fourth-order valence-electron chi connectivity index (χ4n) is 4.05. The lowest BCUT2D eigenvalue weighted by molar-refractivity contribution is 0.358. The summed E-state index contributed by atoms with van der Waals surface area (Å²) in [5.41, 5.74) is 9.62. The Kier molecular flexibility index (Phi) is 4.67. The van der Waals surface area contributed by atoms with Gasteiger partial charge in [-0.05, 0) is 23.8 Å². The van der Waals surface area contributed by atoms with E-state index in [0.29, 0.717) is 28.5 Å². The first-order chi connectivity index (χ1) is 15.6. The second-order valence-electron chi connectivity index (χ2n) is 7.35. The van der Waals surface area contributed by atoms with Crippen LogP contribution in [0.4, 0.5) is 0 Å². The van der Waals surface area contributed by atoms with Crippen molar-refractivity contribution in [3.8, 4) is 29.2 Å². The van der Waals surface area contributed by atoms with Gasteiger partial charge in [0.05, 0.1) is 11.5 Å². The topological polar surface area (TPSA) is 120 Å². The molecule has 1 aromatic carbocycles. The van der Waals surface area contributed by atoms with Crippen molar-refractivity contribution in [3.63, 3.8) is 0 Å². The number of aromatic nitrogens is 6. The number of fused-ring (bicyclic) bond motifs is 1. The van der Waals surface area contributed by atoms with E-state index in [-0.39, 0.29) is 5.88 Å². The summed E-state index contributed by atoms with van der Waals surface area (Å²) >= 11 is 0. The minimum atomic E-state index is -0.460. The van der Waals surface area contributed by atoms with Gasteiger partial charge in [-0.3, -0.25) is 0 Å². The number of hydrogen-bond donors (Lipinski definition) is 1. The van der Waals surface area contributed by atoms with Crippen LogP contribution in [0, 0.1) is 11.3 Å². The molecule has 32 heavy (non-hydrogen) atoms. The SMILES string of the molecule is CCc1nccn1-c1ccc(C2C(C#N)=C(N)Oc3c2c(-c2ncccn2)nn3C)cc1. The molecule has 1 atom stereocenters. The van der Waals surface area contributed by atoms with E-state index in [4.69, 9.17) is 10.5 Å². The van der Waals surface area contributed by atoms with Crippen molar-refractivity contribution >= 4 is 0 Å².